The molecule has 5 aromatic rings. The smallest absolute Gasteiger partial charge is 0.274 e. The zero-order chi connectivity index (χ0) is 25.4. The summed E-state index contributed by atoms with van der Waals surface area (Å²) in [5, 5.41) is 23.4. The zero-order valence-corrected chi connectivity index (χ0v) is 20.6. The summed E-state index contributed by atoms with van der Waals surface area (Å²) in [5.74, 6) is -1.36. The molecule has 5 rings (SSSR count). The lowest BCUT2D eigenvalue weighted by molar-refractivity contribution is -0.117. The molecule has 3 heterocycles. The molecule has 0 bridgehead atoms. The number of fused-ring (bicyclic) bond motifs is 1. The molecule has 182 valence electrons. The second-order valence-electron chi connectivity index (χ2n) is 8.12. The third-order valence-electron chi connectivity index (χ3n) is 5.68. The largest absolute Gasteiger partial charge is 0.329 e. The first kappa shape index (κ1) is 23.6. The average Bonchev–Trinajstić information content (AvgIpc) is 3.54. The first-order valence-electron chi connectivity index (χ1n) is 10.8. The Kier molecular flexibility index (Phi) is 6.25. The number of hydrogen-bond acceptors (Lipinski definition) is 7. The number of amides is 1. The number of benzene rings is 2. The molecule has 2 aromatic carbocycles. The van der Waals surface area contributed by atoms with Gasteiger partial charge >= 0.3 is 0 Å². The molecule has 1 atom stereocenters. The molecule has 1 amide bonds. The Morgan fingerprint density at radius 3 is 2.72 bits per heavy atom. The number of nitrogens with zero attached hydrogens (tertiary/aromatic N) is 4. The Hall–Kier alpha value is -4.09. The SMILES string of the molecule is CC(C(=O)Nc1cc(-c2nnc(Nc3ccc4[nH]ncc4c3Cl)s2)cn(C)c1=O)c1ccc(F)cc1. The Morgan fingerprint density at radius 1 is 1.17 bits per heavy atom. The molecule has 9 nitrogen and oxygen atoms in total. The molecular formula is C24H19ClFN7O2S. The van der Waals surface area contributed by atoms with Gasteiger partial charge in [0, 0.05) is 24.2 Å². The highest BCUT2D eigenvalue weighted by Gasteiger charge is 2.19. The van der Waals surface area contributed by atoms with Crippen LogP contribution in [0, 0.1) is 5.82 Å². The summed E-state index contributed by atoms with van der Waals surface area (Å²) in [6.45, 7) is 1.69. The number of anilines is 3. The topological polar surface area (TPSA) is 118 Å². The van der Waals surface area contributed by atoms with Crippen LogP contribution in [0.25, 0.3) is 21.5 Å². The van der Waals surface area contributed by atoms with Crippen LogP contribution in [0.4, 0.5) is 20.9 Å². The Morgan fingerprint density at radius 2 is 1.94 bits per heavy atom. The molecule has 0 saturated heterocycles. The van der Waals surface area contributed by atoms with Gasteiger partial charge in [-0.05, 0) is 42.8 Å². The number of aryl methyl sites for hydroxylation is 1. The molecule has 36 heavy (non-hydrogen) atoms. The first-order valence-corrected chi connectivity index (χ1v) is 12.0. The number of pyridine rings is 1. The molecule has 12 heteroatoms. The van der Waals surface area contributed by atoms with Gasteiger partial charge in [0.25, 0.3) is 5.56 Å². The van der Waals surface area contributed by atoms with E-state index in [0.29, 0.717) is 32.0 Å². The fourth-order valence-electron chi connectivity index (χ4n) is 3.65. The van der Waals surface area contributed by atoms with Crippen LogP contribution in [0.15, 0.2) is 59.7 Å². The van der Waals surface area contributed by atoms with E-state index in [0.717, 1.165) is 10.9 Å². The maximum atomic E-state index is 13.2. The molecule has 0 saturated carbocycles. The summed E-state index contributed by atoms with van der Waals surface area (Å²) in [6, 6.07) is 10.9. The lowest BCUT2D eigenvalue weighted by Gasteiger charge is -2.13. The third-order valence-corrected chi connectivity index (χ3v) is 6.97. The molecular weight excluding hydrogens is 505 g/mol. The summed E-state index contributed by atoms with van der Waals surface area (Å²) >= 11 is 7.74. The minimum atomic E-state index is -0.589. The van der Waals surface area contributed by atoms with Crippen LogP contribution in [-0.2, 0) is 11.8 Å². The van der Waals surface area contributed by atoms with Crippen molar-refractivity contribution in [3.63, 3.8) is 0 Å². The molecule has 0 aliphatic carbocycles. The van der Waals surface area contributed by atoms with Crippen LogP contribution in [0.3, 0.4) is 0 Å². The summed E-state index contributed by atoms with van der Waals surface area (Å²) in [4.78, 5) is 25.5. The van der Waals surface area contributed by atoms with Crippen molar-refractivity contribution >= 4 is 56.3 Å². The molecule has 0 aliphatic heterocycles. The summed E-state index contributed by atoms with van der Waals surface area (Å²) in [6.07, 6.45) is 3.27. The average molecular weight is 524 g/mol. The van der Waals surface area contributed by atoms with Crippen LogP contribution >= 0.6 is 22.9 Å². The summed E-state index contributed by atoms with van der Waals surface area (Å²) < 4.78 is 14.6. The van der Waals surface area contributed by atoms with Crippen molar-refractivity contribution in [3.8, 4) is 10.6 Å². The number of aromatic nitrogens is 5. The van der Waals surface area contributed by atoms with Crippen molar-refractivity contribution in [1.82, 2.24) is 25.0 Å². The molecule has 0 spiro atoms. The maximum absolute atomic E-state index is 13.2. The number of H-pyrrole nitrogens is 1. The van der Waals surface area contributed by atoms with Gasteiger partial charge in [-0.15, -0.1) is 10.2 Å². The molecule has 0 fully saturated rings. The third kappa shape index (κ3) is 4.58. The Bertz CT molecular complexity index is 1640. The van der Waals surface area contributed by atoms with E-state index in [1.165, 1.54) is 28.0 Å². The summed E-state index contributed by atoms with van der Waals surface area (Å²) in [5.41, 5.74) is 2.43. The van der Waals surface area contributed by atoms with Crippen molar-refractivity contribution in [2.75, 3.05) is 10.6 Å². The van der Waals surface area contributed by atoms with E-state index < -0.39 is 5.92 Å². The number of carbonyl (C=O) groups is 1. The van der Waals surface area contributed by atoms with Crippen LogP contribution in [0.5, 0.6) is 0 Å². The van der Waals surface area contributed by atoms with Gasteiger partial charge in [-0.1, -0.05) is 35.1 Å². The number of aromatic amines is 1. The van der Waals surface area contributed by atoms with E-state index in [9.17, 15) is 14.0 Å². The molecule has 0 radical (unpaired) electrons. The number of halogens is 2. The van der Waals surface area contributed by atoms with Gasteiger partial charge in [-0.25, -0.2) is 4.39 Å². The van der Waals surface area contributed by atoms with Gasteiger partial charge < -0.3 is 15.2 Å². The van der Waals surface area contributed by atoms with Gasteiger partial charge in [0.1, 0.15) is 11.5 Å². The van der Waals surface area contributed by atoms with E-state index in [-0.39, 0.29) is 23.0 Å². The van der Waals surface area contributed by atoms with E-state index >= 15 is 0 Å². The molecule has 1 unspecified atom stereocenters. The van der Waals surface area contributed by atoms with Crippen molar-refractivity contribution in [2.45, 2.75) is 12.8 Å². The van der Waals surface area contributed by atoms with Crippen LogP contribution in [-0.4, -0.2) is 30.9 Å². The van der Waals surface area contributed by atoms with E-state index in [1.54, 1.807) is 44.6 Å². The maximum Gasteiger partial charge on any atom is 0.274 e. The van der Waals surface area contributed by atoms with Crippen molar-refractivity contribution in [1.29, 1.82) is 0 Å². The number of hydrogen-bond donors (Lipinski definition) is 3. The van der Waals surface area contributed by atoms with Gasteiger partial charge in [0.15, 0.2) is 5.01 Å². The van der Waals surface area contributed by atoms with Crippen LogP contribution in [0.1, 0.15) is 18.4 Å². The molecule has 3 aromatic heterocycles. The van der Waals surface area contributed by atoms with Crippen molar-refractivity contribution in [3.05, 3.63) is 81.6 Å². The van der Waals surface area contributed by atoms with Gasteiger partial charge in [0.2, 0.25) is 11.0 Å². The number of carbonyl (C=O) groups excluding carboxylic acids is 1. The van der Waals surface area contributed by atoms with E-state index in [2.05, 4.69) is 31.0 Å². The minimum Gasteiger partial charge on any atom is -0.329 e. The van der Waals surface area contributed by atoms with E-state index in [1.807, 2.05) is 12.1 Å². The Balaban J connectivity index is 1.38. The lowest BCUT2D eigenvalue weighted by Crippen LogP contribution is -2.26. The van der Waals surface area contributed by atoms with Gasteiger partial charge in [0.05, 0.1) is 28.3 Å². The van der Waals surface area contributed by atoms with Crippen LogP contribution < -0.4 is 16.2 Å². The number of rotatable bonds is 6. The fourth-order valence-corrected chi connectivity index (χ4v) is 4.64. The van der Waals surface area contributed by atoms with Gasteiger partial charge in [-0.2, -0.15) is 5.10 Å². The minimum absolute atomic E-state index is 0.104. The normalized spacial score (nSPS) is 12.0. The predicted molar refractivity (Wildman–Crippen MR) is 138 cm³/mol. The monoisotopic (exact) mass is 523 g/mol. The zero-order valence-electron chi connectivity index (χ0n) is 19.0. The van der Waals surface area contributed by atoms with Gasteiger partial charge in [-0.3, -0.25) is 14.7 Å². The lowest BCUT2D eigenvalue weighted by atomic mass is 10.0. The van der Waals surface area contributed by atoms with Crippen LogP contribution in [0.2, 0.25) is 5.02 Å². The second kappa shape index (κ2) is 9.51. The standard InChI is InChI=1S/C24H19ClFN7O2S/c1-12(13-3-5-15(26)6-4-13)21(34)28-19-9-14(11-33(2)23(19)35)22-31-32-24(36-22)29-18-8-7-17-16(20(18)25)10-27-30-17/h3-12H,1-2H3,(H,27,30)(H,28,34)(H,29,32). The molecule has 3 N–H and O–H groups in total. The molecule has 0 aliphatic rings. The fraction of sp³-hybridized carbons (Fsp3) is 0.125. The number of nitrogens with one attached hydrogen (secondary N) is 3. The van der Waals surface area contributed by atoms with Crippen molar-refractivity contribution in [2.24, 2.45) is 7.05 Å². The Labute approximate surface area is 213 Å². The highest BCUT2D eigenvalue weighted by Crippen LogP contribution is 2.34. The quantitative estimate of drug-likeness (QED) is 0.286. The predicted octanol–water partition coefficient (Wildman–Crippen LogP) is 5.06. The first-order chi connectivity index (χ1) is 17.3. The van der Waals surface area contributed by atoms with Crippen molar-refractivity contribution < 1.29 is 9.18 Å². The second-order valence-corrected chi connectivity index (χ2v) is 9.47. The summed E-state index contributed by atoms with van der Waals surface area (Å²) in [7, 11) is 1.59. The highest BCUT2D eigenvalue weighted by molar-refractivity contribution is 7.18. The van der Waals surface area contributed by atoms with E-state index in [4.69, 9.17) is 11.6 Å². The highest BCUT2D eigenvalue weighted by atomic mass is 35.5.